The van der Waals surface area contributed by atoms with E-state index in [4.69, 9.17) is 10.4 Å². The van der Waals surface area contributed by atoms with Gasteiger partial charge in [0, 0.05) is 65.0 Å². The maximum Gasteiger partial charge on any atom is 0.135 e. The van der Waals surface area contributed by atoms with Gasteiger partial charge < -0.3 is 10.4 Å². The highest BCUT2D eigenvalue weighted by Crippen LogP contribution is 2.12. The Kier molecular flexibility index (Phi) is 14.2. The van der Waals surface area contributed by atoms with Crippen LogP contribution in [0.15, 0.2) is 65.8 Å². The summed E-state index contributed by atoms with van der Waals surface area (Å²) in [5, 5.41) is 18.4. The molecule has 2 fully saturated rings. The SMILES string of the molecule is Cl.NO.O=C1CCN(Cc2ccccc2)CC1.ON=C1CCN(Cc2ccccc2)CC1. The molecule has 8 heteroatoms. The van der Waals surface area contributed by atoms with E-state index < -0.39 is 0 Å². The zero-order chi connectivity index (χ0) is 22.3. The van der Waals surface area contributed by atoms with Gasteiger partial charge in [0.15, 0.2) is 0 Å². The average Bonchev–Trinajstić information content (AvgIpc) is 2.84. The topological polar surface area (TPSA) is 102 Å². The zero-order valence-electron chi connectivity index (χ0n) is 18.5. The number of benzene rings is 2. The standard InChI is InChI=1S/C12H16N2O.C12H15NO.ClH.H3NO/c15-13-12-6-8-14(9-7-12)10-11-4-2-1-3-5-11;14-12-6-8-13(9-7-12)10-11-4-2-1-3-5-11;;1-2/h1-5,15H,6-10H2;1-5H,6-10H2;1H;2H,1H2. The van der Waals surface area contributed by atoms with Crippen LogP contribution >= 0.6 is 12.4 Å². The van der Waals surface area contributed by atoms with E-state index in [1.807, 2.05) is 12.1 Å². The molecule has 7 nitrogen and oxygen atoms in total. The number of likely N-dealkylation sites (tertiary alicyclic amines) is 2. The number of oxime groups is 1. The number of halogens is 1. The van der Waals surface area contributed by atoms with Crippen LogP contribution in [0.3, 0.4) is 0 Å². The Labute approximate surface area is 196 Å². The first-order valence-electron chi connectivity index (χ1n) is 10.7. The summed E-state index contributed by atoms with van der Waals surface area (Å²) in [6.07, 6.45) is 3.24. The van der Waals surface area contributed by atoms with Gasteiger partial charge in [0.2, 0.25) is 0 Å². The van der Waals surface area contributed by atoms with Crippen molar-refractivity contribution in [2.45, 2.75) is 38.8 Å². The van der Waals surface area contributed by atoms with Gasteiger partial charge in [-0.25, -0.2) is 5.90 Å². The third-order valence-corrected chi connectivity index (χ3v) is 5.49. The molecule has 0 atom stereocenters. The van der Waals surface area contributed by atoms with Crippen molar-refractivity contribution < 1.29 is 15.2 Å². The fourth-order valence-electron chi connectivity index (χ4n) is 3.71. The van der Waals surface area contributed by atoms with Crippen LogP contribution in [-0.4, -0.2) is 57.9 Å². The van der Waals surface area contributed by atoms with Gasteiger partial charge in [-0.2, -0.15) is 0 Å². The molecular formula is C24H35ClN4O3. The predicted molar refractivity (Wildman–Crippen MR) is 129 cm³/mol. The quantitative estimate of drug-likeness (QED) is 0.472. The van der Waals surface area contributed by atoms with E-state index in [1.165, 1.54) is 11.1 Å². The van der Waals surface area contributed by atoms with Crippen LogP contribution in [0.1, 0.15) is 36.8 Å². The van der Waals surface area contributed by atoms with Gasteiger partial charge in [-0.05, 0) is 11.1 Å². The highest BCUT2D eigenvalue weighted by molar-refractivity contribution is 5.85. The summed E-state index contributed by atoms with van der Waals surface area (Å²) in [5.74, 6) is 3.91. The average molecular weight is 463 g/mol. The smallest absolute Gasteiger partial charge is 0.135 e. The van der Waals surface area contributed by atoms with Crippen LogP contribution in [0.25, 0.3) is 0 Å². The minimum atomic E-state index is 0. The molecule has 4 N–H and O–H groups in total. The zero-order valence-corrected chi connectivity index (χ0v) is 19.3. The summed E-state index contributed by atoms with van der Waals surface area (Å²) in [6, 6.07) is 20.9. The monoisotopic (exact) mass is 462 g/mol. The first-order valence-corrected chi connectivity index (χ1v) is 10.7. The van der Waals surface area contributed by atoms with Crippen LogP contribution in [-0.2, 0) is 17.9 Å². The molecule has 2 heterocycles. The number of nitrogens with two attached hydrogens (primary N) is 1. The van der Waals surface area contributed by atoms with Crippen LogP contribution in [0.4, 0.5) is 0 Å². The number of rotatable bonds is 4. The summed E-state index contributed by atoms with van der Waals surface area (Å²) in [4.78, 5) is 15.8. The van der Waals surface area contributed by atoms with Gasteiger partial charge in [0.25, 0.3) is 0 Å². The van der Waals surface area contributed by atoms with Crippen molar-refractivity contribution >= 4 is 23.9 Å². The van der Waals surface area contributed by atoms with E-state index >= 15 is 0 Å². The minimum Gasteiger partial charge on any atom is -0.411 e. The van der Waals surface area contributed by atoms with Gasteiger partial charge in [0.05, 0.1) is 5.71 Å². The summed E-state index contributed by atoms with van der Waals surface area (Å²) in [5.41, 5.74) is 3.61. The molecule has 0 spiro atoms. The molecule has 0 amide bonds. The number of nitrogens with zero attached hydrogens (tertiary/aromatic N) is 3. The van der Waals surface area contributed by atoms with E-state index in [9.17, 15) is 4.79 Å². The maximum atomic E-state index is 11.0. The molecule has 2 aliphatic heterocycles. The van der Waals surface area contributed by atoms with E-state index in [2.05, 4.69) is 69.4 Å². The molecule has 2 aliphatic rings. The third kappa shape index (κ3) is 10.3. The second-order valence-corrected chi connectivity index (χ2v) is 7.73. The molecule has 32 heavy (non-hydrogen) atoms. The number of hydrogen-bond acceptors (Lipinski definition) is 7. The molecule has 176 valence electrons. The number of piperidine rings is 2. The number of carbonyl (C=O) groups excluding carboxylic acids is 1. The molecule has 2 saturated heterocycles. The molecule has 0 radical (unpaired) electrons. The Balaban J connectivity index is 0.000000289. The largest absolute Gasteiger partial charge is 0.411 e. The Morgan fingerprint density at radius 3 is 1.47 bits per heavy atom. The number of hydrogen-bond donors (Lipinski definition) is 3. The summed E-state index contributed by atoms with van der Waals surface area (Å²) < 4.78 is 0. The second-order valence-electron chi connectivity index (χ2n) is 7.73. The van der Waals surface area contributed by atoms with Crippen molar-refractivity contribution in [2.24, 2.45) is 11.1 Å². The molecule has 2 aromatic rings. The Morgan fingerprint density at radius 1 is 0.719 bits per heavy atom. The fraction of sp³-hybridized carbons (Fsp3) is 0.417. The Hall–Kier alpha value is -2.29. The molecular weight excluding hydrogens is 428 g/mol. The first-order chi connectivity index (χ1) is 15.2. The van der Waals surface area contributed by atoms with E-state index in [0.717, 1.165) is 70.7 Å². The van der Waals surface area contributed by atoms with Crippen molar-refractivity contribution in [2.75, 3.05) is 26.2 Å². The van der Waals surface area contributed by atoms with Gasteiger partial charge >= 0.3 is 0 Å². The Bertz CT molecular complexity index is 770. The van der Waals surface area contributed by atoms with Crippen LogP contribution in [0.2, 0.25) is 0 Å². The van der Waals surface area contributed by atoms with Gasteiger partial charge in [-0.1, -0.05) is 65.8 Å². The van der Waals surface area contributed by atoms with Crippen molar-refractivity contribution in [1.82, 2.24) is 9.80 Å². The van der Waals surface area contributed by atoms with E-state index in [1.54, 1.807) is 0 Å². The normalized spacial score (nSPS) is 16.6. The molecule has 0 aromatic heterocycles. The predicted octanol–water partition coefficient (Wildman–Crippen LogP) is 3.72. The lowest BCUT2D eigenvalue weighted by molar-refractivity contribution is -0.121. The van der Waals surface area contributed by atoms with Gasteiger partial charge in [-0.3, -0.25) is 14.6 Å². The molecule has 2 aromatic carbocycles. The minimum absolute atomic E-state index is 0. The van der Waals surface area contributed by atoms with Crippen LogP contribution in [0, 0.1) is 0 Å². The van der Waals surface area contributed by atoms with Crippen LogP contribution in [0.5, 0.6) is 0 Å². The molecule has 4 rings (SSSR count). The summed E-state index contributed by atoms with van der Waals surface area (Å²) in [7, 11) is 0. The lowest BCUT2D eigenvalue weighted by Crippen LogP contribution is -2.33. The highest BCUT2D eigenvalue weighted by Gasteiger charge is 2.16. The van der Waals surface area contributed by atoms with Crippen LogP contribution < -0.4 is 5.90 Å². The molecule has 0 saturated carbocycles. The Morgan fingerprint density at radius 2 is 1.09 bits per heavy atom. The maximum absolute atomic E-state index is 11.0. The number of ketones is 1. The summed E-state index contributed by atoms with van der Waals surface area (Å²) >= 11 is 0. The lowest BCUT2D eigenvalue weighted by Gasteiger charge is -2.26. The second kappa shape index (κ2) is 16.4. The van der Waals surface area contributed by atoms with Crippen molar-refractivity contribution in [3.63, 3.8) is 0 Å². The van der Waals surface area contributed by atoms with Gasteiger partial charge in [-0.15, -0.1) is 12.4 Å². The van der Waals surface area contributed by atoms with E-state index in [-0.39, 0.29) is 12.4 Å². The van der Waals surface area contributed by atoms with Gasteiger partial charge in [0.1, 0.15) is 5.78 Å². The fourth-order valence-corrected chi connectivity index (χ4v) is 3.71. The number of Topliss-reactive ketones (excluding diaryl/α,β-unsaturated/α-hetero) is 1. The van der Waals surface area contributed by atoms with Crippen molar-refractivity contribution in [1.29, 1.82) is 0 Å². The highest BCUT2D eigenvalue weighted by atomic mass is 35.5. The van der Waals surface area contributed by atoms with Crippen molar-refractivity contribution in [3.05, 3.63) is 71.8 Å². The number of carbonyl (C=O) groups is 1. The van der Waals surface area contributed by atoms with E-state index in [0.29, 0.717) is 5.78 Å². The third-order valence-electron chi connectivity index (χ3n) is 5.49. The molecule has 0 bridgehead atoms. The van der Waals surface area contributed by atoms with Crippen molar-refractivity contribution in [3.8, 4) is 0 Å². The first kappa shape index (κ1) is 27.7. The molecule has 0 aliphatic carbocycles. The lowest BCUT2D eigenvalue weighted by atomic mass is 10.1. The summed E-state index contributed by atoms with van der Waals surface area (Å²) in [6.45, 7) is 5.82. The molecule has 0 unspecified atom stereocenters.